The fourth-order valence-electron chi connectivity index (χ4n) is 2.70. The van der Waals surface area contributed by atoms with Crippen molar-refractivity contribution in [3.05, 3.63) is 71.5 Å². The van der Waals surface area contributed by atoms with Gasteiger partial charge in [0, 0.05) is 27.6 Å². The first-order valence-electron chi connectivity index (χ1n) is 8.38. The van der Waals surface area contributed by atoms with Crippen LogP contribution in [0.2, 0.25) is 5.02 Å². The maximum atomic E-state index is 12.4. The van der Waals surface area contributed by atoms with Gasteiger partial charge in [-0.3, -0.25) is 9.78 Å². The number of nitrogens with zero attached hydrogens (tertiary/aromatic N) is 1. The second kappa shape index (κ2) is 8.42. The Bertz CT molecular complexity index is 1220. The lowest BCUT2D eigenvalue weighted by atomic mass is 10.1. The lowest BCUT2D eigenvalue weighted by Gasteiger charge is -2.07. The SMILES string of the molecule is O=C(Nc1cc(Cl)cc2c1[nH]c1cnccc12)c1ccccc1.O=C(O)C(F)(F)F. The zero-order valence-electron chi connectivity index (χ0n) is 15.0. The number of carbonyl (C=O) groups is 2. The highest BCUT2D eigenvalue weighted by molar-refractivity contribution is 6.33. The van der Waals surface area contributed by atoms with Crippen LogP contribution in [0.4, 0.5) is 18.9 Å². The number of pyridine rings is 1. The lowest BCUT2D eigenvalue weighted by molar-refractivity contribution is -0.192. The van der Waals surface area contributed by atoms with Crippen molar-refractivity contribution in [1.29, 1.82) is 0 Å². The number of rotatable bonds is 2. The minimum Gasteiger partial charge on any atom is -0.475 e. The van der Waals surface area contributed by atoms with Gasteiger partial charge in [0.05, 0.1) is 22.9 Å². The molecule has 0 saturated carbocycles. The van der Waals surface area contributed by atoms with Gasteiger partial charge in [-0.1, -0.05) is 29.8 Å². The Morgan fingerprint density at radius 3 is 2.37 bits per heavy atom. The van der Waals surface area contributed by atoms with E-state index in [2.05, 4.69) is 15.3 Å². The molecule has 6 nitrogen and oxygen atoms in total. The molecule has 0 bridgehead atoms. The number of aromatic amines is 1. The molecular weight excluding hydrogens is 423 g/mol. The number of benzene rings is 2. The van der Waals surface area contributed by atoms with Crippen LogP contribution in [0.5, 0.6) is 0 Å². The van der Waals surface area contributed by atoms with Crippen molar-refractivity contribution in [3.63, 3.8) is 0 Å². The molecule has 4 rings (SSSR count). The first-order valence-corrected chi connectivity index (χ1v) is 8.76. The normalized spacial score (nSPS) is 11.1. The zero-order valence-corrected chi connectivity index (χ0v) is 15.8. The number of halogens is 4. The summed E-state index contributed by atoms with van der Waals surface area (Å²) in [5, 5.41) is 12.6. The predicted molar refractivity (Wildman–Crippen MR) is 107 cm³/mol. The van der Waals surface area contributed by atoms with Crippen molar-refractivity contribution < 1.29 is 27.9 Å². The number of carboxylic acid groups (broad SMARTS) is 1. The van der Waals surface area contributed by atoms with E-state index in [0.717, 1.165) is 21.8 Å². The number of nitrogens with one attached hydrogen (secondary N) is 2. The van der Waals surface area contributed by atoms with E-state index < -0.39 is 12.1 Å². The van der Waals surface area contributed by atoms with E-state index in [1.54, 1.807) is 30.6 Å². The molecular formula is C20H13ClF3N3O3. The Labute approximate surface area is 172 Å². The number of carboxylic acids is 1. The van der Waals surface area contributed by atoms with Gasteiger partial charge in [0.1, 0.15) is 0 Å². The minimum absolute atomic E-state index is 0.175. The number of fused-ring (bicyclic) bond motifs is 3. The summed E-state index contributed by atoms with van der Waals surface area (Å²) in [7, 11) is 0. The largest absolute Gasteiger partial charge is 0.490 e. The topological polar surface area (TPSA) is 95.1 Å². The van der Waals surface area contributed by atoms with Crippen molar-refractivity contribution in [2.45, 2.75) is 6.18 Å². The number of alkyl halides is 3. The van der Waals surface area contributed by atoms with E-state index in [1.807, 2.05) is 30.3 Å². The van der Waals surface area contributed by atoms with Gasteiger partial charge in [-0.05, 0) is 30.3 Å². The highest BCUT2D eigenvalue weighted by Crippen LogP contribution is 2.33. The van der Waals surface area contributed by atoms with Crippen molar-refractivity contribution in [1.82, 2.24) is 9.97 Å². The summed E-state index contributed by atoms with van der Waals surface area (Å²) in [4.78, 5) is 28.7. The van der Waals surface area contributed by atoms with Gasteiger partial charge < -0.3 is 15.4 Å². The standard InChI is InChI=1S/C18H12ClN3O.C2HF3O2/c19-12-8-14-13-6-7-20-10-16(13)21-17(14)15(9-12)22-18(23)11-4-2-1-3-5-11;3-2(4,5)1(6)7/h1-10,21H,(H,22,23);(H,6,7). The third kappa shape index (κ3) is 4.69. The number of hydrogen-bond donors (Lipinski definition) is 3. The van der Waals surface area contributed by atoms with Crippen molar-refractivity contribution in [2.24, 2.45) is 0 Å². The van der Waals surface area contributed by atoms with Crippen LogP contribution in [-0.4, -0.2) is 33.1 Å². The Kier molecular flexibility index (Phi) is 5.93. The van der Waals surface area contributed by atoms with Gasteiger partial charge in [0.15, 0.2) is 0 Å². The third-order valence-corrected chi connectivity index (χ3v) is 4.22. The van der Waals surface area contributed by atoms with Crippen LogP contribution in [-0.2, 0) is 4.79 Å². The fourth-order valence-corrected chi connectivity index (χ4v) is 2.92. The molecule has 0 spiro atoms. The fraction of sp³-hybridized carbons (Fsp3) is 0.0500. The van der Waals surface area contributed by atoms with Crippen molar-refractivity contribution in [3.8, 4) is 0 Å². The first-order chi connectivity index (χ1) is 14.2. The van der Waals surface area contributed by atoms with E-state index >= 15 is 0 Å². The molecule has 2 aromatic carbocycles. The predicted octanol–water partition coefficient (Wildman–Crippen LogP) is 5.26. The number of anilines is 1. The van der Waals surface area contributed by atoms with E-state index in [9.17, 15) is 18.0 Å². The van der Waals surface area contributed by atoms with Crippen LogP contribution < -0.4 is 5.32 Å². The highest BCUT2D eigenvalue weighted by Gasteiger charge is 2.38. The van der Waals surface area contributed by atoms with Gasteiger partial charge in [0.2, 0.25) is 0 Å². The van der Waals surface area contributed by atoms with Crippen LogP contribution in [0.25, 0.3) is 21.8 Å². The third-order valence-electron chi connectivity index (χ3n) is 4.00. The molecule has 4 aromatic rings. The smallest absolute Gasteiger partial charge is 0.475 e. The highest BCUT2D eigenvalue weighted by atomic mass is 35.5. The van der Waals surface area contributed by atoms with Crippen LogP contribution in [0, 0.1) is 0 Å². The molecule has 0 unspecified atom stereocenters. The summed E-state index contributed by atoms with van der Waals surface area (Å²) in [6.45, 7) is 0. The summed E-state index contributed by atoms with van der Waals surface area (Å²) in [5.41, 5.74) is 2.98. The number of aliphatic carboxylic acids is 1. The van der Waals surface area contributed by atoms with Gasteiger partial charge in [-0.25, -0.2) is 4.79 Å². The monoisotopic (exact) mass is 435 g/mol. The van der Waals surface area contributed by atoms with Crippen LogP contribution in [0.1, 0.15) is 10.4 Å². The van der Waals surface area contributed by atoms with Gasteiger partial charge in [0.25, 0.3) is 5.91 Å². The number of carbonyl (C=O) groups excluding carboxylic acids is 1. The quantitative estimate of drug-likeness (QED) is 0.400. The summed E-state index contributed by atoms with van der Waals surface area (Å²) in [6, 6.07) is 14.6. The zero-order chi connectivity index (χ0) is 21.9. The lowest BCUT2D eigenvalue weighted by Crippen LogP contribution is -2.21. The molecule has 0 aliphatic carbocycles. The van der Waals surface area contributed by atoms with Gasteiger partial charge in [-0.15, -0.1) is 0 Å². The number of amides is 1. The Hall–Kier alpha value is -3.59. The minimum atomic E-state index is -5.08. The molecule has 0 saturated heterocycles. The van der Waals surface area contributed by atoms with E-state index in [-0.39, 0.29) is 5.91 Å². The molecule has 0 atom stereocenters. The number of H-pyrrole nitrogens is 1. The summed E-state index contributed by atoms with van der Waals surface area (Å²) < 4.78 is 31.7. The Morgan fingerprint density at radius 1 is 1.07 bits per heavy atom. The second-order valence-corrected chi connectivity index (χ2v) is 6.48. The summed E-state index contributed by atoms with van der Waals surface area (Å²) >= 11 is 6.23. The molecule has 2 aromatic heterocycles. The van der Waals surface area contributed by atoms with Crippen LogP contribution >= 0.6 is 11.6 Å². The molecule has 154 valence electrons. The maximum Gasteiger partial charge on any atom is 0.490 e. The van der Waals surface area contributed by atoms with Crippen molar-refractivity contribution >= 4 is 51.0 Å². The molecule has 10 heteroatoms. The van der Waals surface area contributed by atoms with E-state index in [4.69, 9.17) is 21.5 Å². The second-order valence-electron chi connectivity index (χ2n) is 6.05. The molecule has 1 amide bonds. The Morgan fingerprint density at radius 2 is 1.73 bits per heavy atom. The summed E-state index contributed by atoms with van der Waals surface area (Å²) in [5.74, 6) is -2.93. The number of hydrogen-bond acceptors (Lipinski definition) is 3. The molecule has 3 N–H and O–H groups in total. The molecule has 0 aliphatic rings. The molecule has 0 aliphatic heterocycles. The first kappa shape index (κ1) is 21.1. The molecule has 0 radical (unpaired) electrons. The van der Waals surface area contributed by atoms with Crippen molar-refractivity contribution in [2.75, 3.05) is 5.32 Å². The van der Waals surface area contributed by atoms with E-state index in [0.29, 0.717) is 16.3 Å². The molecule has 2 heterocycles. The van der Waals surface area contributed by atoms with Gasteiger partial charge in [-0.2, -0.15) is 13.2 Å². The van der Waals surface area contributed by atoms with Crippen LogP contribution in [0.3, 0.4) is 0 Å². The van der Waals surface area contributed by atoms with Crippen LogP contribution in [0.15, 0.2) is 60.9 Å². The number of aromatic nitrogens is 2. The Balaban J connectivity index is 0.000000318. The maximum absolute atomic E-state index is 12.4. The van der Waals surface area contributed by atoms with E-state index in [1.165, 1.54) is 0 Å². The summed E-state index contributed by atoms with van der Waals surface area (Å²) in [6.07, 6.45) is -1.59. The molecule has 30 heavy (non-hydrogen) atoms. The average molecular weight is 436 g/mol. The van der Waals surface area contributed by atoms with Gasteiger partial charge >= 0.3 is 12.1 Å². The average Bonchev–Trinajstić information content (AvgIpc) is 3.07. The molecule has 0 fully saturated rings.